The second-order valence-electron chi connectivity index (χ2n) is 5.32. The van der Waals surface area contributed by atoms with Gasteiger partial charge in [0.05, 0.1) is 25.0 Å². The smallest absolute Gasteiger partial charge is 0.122 e. The molecule has 0 spiro atoms. The van der Waals surface area contributed by atoms with E-state index < -0.39 is 0 Å². The van der Waals surface area contributed by atoms with Gasteiger partial charge in [-0.15, -0.1) is 0 Å². The molecule has 2 N–H and O–H groups in total. The fourth-order valence-electron chi connectivity index (χ4n) is 2.48. The molecule has 1 saturated carbocycles. The van der Waals surface area contributed by atoms with Gasteiger partial charge >= 0.3 is 0 Å². The molecule has 1 aliphatic carbocycles. The number of ether oxygens (including phenoxy) is 1. The normalized spacial score (nSPS) is 17.3. The molecule has 4 heteroatoms. The number of hydrogen-bond acceptors (Lipinski definition) is 3. The van der Waals surface area contributed by atoms with E-state index in [0.29, 0.717) is 6.04 Å². The molecular weight excluding hydrogens is 238 g/mol. The second kappa shape index (κ2) is 4.38. The second-order valence-corrected chi connectivity index (χ2v) is 5.32. The monoisotopic (exact) mass is 255 g/mol. The zero-order valence-electron chi connectivity index (χ0n) is 10.8. The minimum atomic E-state index is 0.714. The number of aromatic amines is 1. The number of nitrogens with one attached hydrogen (secondary N) is 2. The highest BCUT2D eigenvalue weighted by Crippen LogP contribution is 2.29. The molecule has 1 aromatic carbocycles. The summed E-state index contributed by atoms with van der Waals surface area (Å²) < 4.78 is 5.53. The minimum absolute atomic E-state index is 0.714. The lowest BCUT2D eigenvalue weighted by Crippen LogP contribution is -2.16. The van der Waals surface area contributed by atoms with Gasteiger partial charge in [-0.25, -0.2) is 4.98 Å². The van der Waals surface area contributed by atoms with Crippen molar-refractivity contribution in [1.29, 1.82) is 0 Å². The van der Waals surface area contributed by atoms with E-state index in [9.17, 15) is 0 Å². The van der Waals surface area contributed by atoms with Crippen molar-refractivity contribution in [3.8, 4) is 17.0 Å². The van der Waals surface area contributed by atoms with Crippen molar-refractivity contribution >= 4 is 0 Å². The minimum Gasteiger partial charge on any atom is -0.493 e. The van der Waals surface area contributed by atoms with Crippen LogP contribution >= 0.6 is 0 Å². The Labute approximate surface area is 112 Å². The third-order valence-electron chi connectivity index (χ3n) is 3.76. The van der Waals surface area contributed by atoms with Gasteiger partial charge in [0.15, 0.2) is 0 Å². The summed E-state index contributed by atoms with van der Waals surface area (Å²) in [5, 5.41) is 3.47. The van der Waals surface area contributed by atoms with Crippen molar-refractivity contribution in [1.82, 2.24) is 15.3 Å². The summed E-state index contributed by atoms with van der Waals surface area (Å²) in [6.07, 6.45) is 5.53. The highest BCUT2D eigenvalue weighted by molar-refractivity contribution is 5.62. The van der Waals surface area contributed by atoms with Gasteiger partial charge in [0, 0.05) is 18.0 Å². The lowest BCUT2D eigenvalue weighted by atomic mass is 10.1. The quantitative estimate of drug-likeness (QED) is 0.881. The van der Waals surface area contributed by atoms with Crippen LogP contribution in [0.4, 0.5) is 0 Å². The Morgan fingerprint density at radius 2 is 2.32 bits per heavy atom. The molecule has 0 bridgehead atoms. The summed E-state index contributed by atoms with van der Waals surface area (Å²) in [7, 11) is 0. The third-order valence-corrected chi connectivity index (χ3v) is 3.76. The number of fused-ring (bicyclic) bond motifs is 1. The van der Waals surface area contributed by atoms with Crippen LogP contribution in [0.2, 0.25) is 0 Å². The van der Waals surface area contributed by atoms with E-state index in [0.717, 1.165) is 36.8 Å². The van der Waals surface area contributed by atoms with Gasteiger partial charge in [0.25, 0.3) is 0 Å². The molecule has 4 nitrogen and oxygen atoms in total. The van der Waals surface area contributed by atoms with Gasteiger partial charge in [-0.05, 0) is 36.6 Å². The van der Waals surface area contributed by atoms with Gasteiger partial charge in [-0.1, -0.05) is 0 Å². The van der Waals surface area contributed by atoms with Crippen molar-refractivity contribution in [3.05, 3.63) is 35.8 Å². The molecule has 1 aliphatic heterocycles. The van der Waals surface area contributed by atoms with E-state index in [2.05, 4.69) is 33.5 Å². The molecule has 0 unspecified atom stereocenters. The van der Waals surface area contributed by atoms with Crippen molar-refractivity contribution in [3.63, 3.8) is 0 Å². The summed E-state index contributed by atoms with van der Waals surface area (Å²) >= 11 is 0. The number of aromatic nitrogens is 2. The molecule has 0 radical (unpaired) electrons. The van der Waals surface area contributed by atoms with Crippen LogP contribution in [0.1, 0.15) is 24.2 Å². The summed E-state index contributed by atoms with van der Waals surface area (Å²) in [5.41, 5.74) is 3.57. The molecule has 1 fully saturated rings. The molecule has 2 heterocycles. The molecule has 0 amide bonds. The van der Waals surface area contributed by atoms with Crippen LogP contribution in [0.3, 0.4) is 0 Å². The molecule has 0 atom stereocenters. The lowest BCUT2D eigenvalue weighted by Gasteiger charge is -2.02. The van der Waals surface area contributed by atoms with Crippen molar-refractivity contribution in [2.75, 3.05) is 6.61 Å². The molecule has 98 valence electrons. The van der Waals surface area contributed by atoms with E-state index in [1.807, 2.05) is 6.20 Å². The lowest BCUT2D eigenvalue weighted by molar-refractivity contribution is 0.357. The predicted octanol–water partition coefficient (Wildman–Crippen LogP) is 2.26. The third kappa shape index (κ3) is 2.24. The predicted molar refractivity (Wildman–Crippen MR) is 73.1 cm³/mol. The van der Waals surface area contributed by atoms with Gasteiger partial charge in [-0.2, -0.15) is 0 Å². The molecule has 0 saturated heterocycles. The first-order chi connectivity index (χ1) is 9.38. The van der Waals surface area contributed by atoms with E-state index in [4.69, 9.17) is 4.74 Å². The number of benzene rings is 1. The number of hydrogen-bond donors (Lipinski definition) is 2. The fourth-order valence-corrected chi connectivity index (χ4v) is 2.48. The van der Waals surface area contributed by atoms with Crippen LogP contribution in [0.25, 0.3) is 11.3 Å². The summed E-state index contributed by atoms with van der Waals surface area (Å²) in [5.74, 6) is 2.04. The van der Waals surface area contributed by atoms with Crippen LogP contribution in [-0.2, 0) is 13.0 Å². The maximum atomic E-state index is 5.53. The SMILES string of the molecule is c1cc2c(cc1-c1cnc(CNC3CC3)[nH]1)CCO2. The van der Waals surface area contributed by atoms with E-state index in [-0.39, 0.29) is 0 Å². The summed E-state index contributed by atoms with van der Waals surface area (Å²) in [6, 6.07) is 7.07. The van der Waals surface area contributed by atoms with Gasteiger partial charge in [0.1, 0.15) is 11.6 Å². The standard InChI is InChI=1S/C15H17N3O/c1-4-14-11(5-6-19-14)7-10(1)13-8-17-15(18-13)9-16-12-2-3-12/h1,4,7-8,12,16H,2-3,5-6,9H2,(H,17,18). The molecule has 2 aromatic rings. The van der Waals surface area contributed by atoms with Crippen LogP contribution < -0.4 is 10.1 Å². The average molecular weight is 255 g/mol. The average Bonchev–Trinajstić information content (AvgIpc) is 2.96. The largest absolute Gasteiger partial charge is 0.493 e. The number of imidazole rings is 1. The highest BCUT2D eigenvalue weighted by atomic mass is 16.5. The first-order valence-corrected chi connectivity index (χ1v) is 6.92. The van der Waals surface area contributed by atoms with Crippen LogP contribution in [-0.4, -0.2) is 22.6 Å². The molecule has 1 aromatic heterocycles. The Hall–Kier alpha value is -1.81. The maximum Gasteiger partial charge on any atom is 0.122 e. The molecule has 19 heavy (non-hydrogen) atoms. The highest BCUT2D eigenvalue weighted by Gasteiger charge is 2.20. The Morgan fingerprint density at radius 3 is 3.21 bits per heavy atom. The Balaban J connectivity index is 1.54. The first kappa shape index (κ1) is 11.1. The molecule has 2 aliphatic rings. The van der Waals surface area contributed by atoms with E-state index in [1.165, 1.54) is 24.0 Å². The van der Waals surface area contributed by atoms with Crippen molar-refractivity contribution in [2.24, 2.45) is 0 Å². The Bertz CT molecular complexity index is 601. The van der Waals surface area contributed by atoms with Crippen LogP contribution in [0, 0.1) is 0 Å². The van der Waals surface area contributed by atoms with Gasteiger partial charge in [-0.3, -0.25) is 0 Å². The van der Waals surface area contributed by atoms with Gasteiger partial charge in [0.2, 0.25) is 0 Å². The Morgan fingerprint density at radius 1 is 1.37 bits per heavy atom. The summed E-state index contributed by atoms with van der Waals surface area (Å²) in [6.45, 7) is 1.64. The van der Waals surface area contributed by atoms with E-state index >= 15 is 0 Å². The van der Waals surface area contributed by atoms with Crippen molar-refractivity contribution in [2.45, 2.75) is 31.8 Å². The Kier molecular flexibility index (Phi) is 2.55. The maximum absolute atomic E-state index is 5.53. The number of nitrogens with zero attached hydrogens (tertiary/aromatic N) is 1. The zero-order valence-corrected chi connectivity index (χ0v) is 10.8. The zero-order chi connectivity index (χ0) is 12.7. The van der Waals surface area contributed by atoms with Crippen LogP contribution in [0.15, 0.2) is 24.4 Å². The topological polar surface area (TPSA) is 49.9 Å². The molecule has 4 rings (SSSR count). The fraction of sp³-hybridized carbons (Fsp3) is 0.400. The van der Waals surface area contributed by atoms with Crippen LogP contribution in [0.5, 0.6) is 5.75 Å². The van der Waals surface area contributed by atoms with Gasteiger partial charge < -0.3 is 15.0 Å². The summed E-state index contributed by atoms with van der Waals surface area (Å²) in [4.78, 5) is 7.83. The number of rotatable bonds is 4. The number of H-pyrrole nitrogens is 1. The van der Waals surface area contributed by atoms with Crippen molar-refractivity contribution < 1.29 is 4.74 Å². The van der Waals surface area contributed by atoms with E-state index in [1.54, 1.807) is 0 Å². The first-order valence-electron chi connectivity index (χ1n) is 6.92. The molecular formula is C15H17N3O.